The van der Waals surface area contributed by atoms with E-state index in [2.05, 4.69) is 4.98 Å². The maximum Gasteiger partial charge on any atom is 0.273 e. The molecule has 1 atom stereocenters. The van der Waals surface area contributed by atoms with Crippen molar-refractivity contribution in [2.45, 2.75) is 32.4 Å². The van der Waals surface area contributed by atoms with Crippen molar-refractivity contribution in [2.75, 3.05) is 13.2 Å². The van der Waals surface area contributed by atoms with Crippen LogP contribution in [0.3, 0.4) is 0 Å². The predicted octanol–water partition coefficient (Wildman–Crippen LogP) is 3.41. The number of ether oxygens (including phenoxy) is 1. The minimum Gasteiger partial charge on any atom is -0.376 e. The van der Waals surface area contributed by atoms with E-state index >= 15 is 0 Å². The standard InChI is InChI=1S/C17H19FN2O2S/c1-12-19-16(11-23-12)17(21)20(10-15-3-2-8-22-15)9-13-4-6-14(18)7-5-13/h4-7,11,15H,2-3,8-10H2,1H3/t15-/m0/s1. The largest absolute Gasteiger partial charge is 0.376 e. The highest BCUT2D eigenvalue weighted by atomic mass is 32.1. The van der Waals surface area contributed by atoms with Crippen LogP contribution in [0.25, 0.3) is 0 Å². The van der Waals surface area contributed by atoms with Crippen molar-refractivity contribution in [3.05, 3.63) is 51.7 Å². The minimum atomic E-state index is -0.277. The molecule has 0 N–H and O–H groups in total. The van der Waals surface area contributed by atoms with Crippen molar-refractivity contribution in [1.29, 1.82) is 0 Å². The third kappa shape index (κ3) is 4.14. The van der Waals surface area contributed by atoms with Gasteiger partial charge in [0.05, 0.1) is 11.1 Å². The van der Waals surface area contributed by atoms with Gasteiger partial charge in [0.1, 0.15) is 11.5 Å². The summed E-state index contributed by atoms with van der Waals surface area (Å²) in [5.74, 6) is -0.380. The predicted molar refractivity (Wildman–Crippen MR) is 87.0 cm³/mol. The molecule has 4 nitrogen and oxygen atoms in total. The quantitative estimate of drug-likeness (QED) is 0.841. The lowest BCUT2D eigenvalue weighted by Gasteiger charge is -2.25. The van der Waals surface area contributed by atoms with E-state index in [1.165, 1.54) is 23.5 Å². The Labute approximate surface area is 138 Å². The van der Waals surface area contributed by atoms with Crippen molar-refractivity contribution in [1.82, 2.24) is 9.88 Å². The molecule has 1 aromatic carbocycles. The van der Waals surface area contributed by atoms with Crippen LogP contribution in [-0.2, 0) is 11.3 Å². The first-order chi connectivity index (χ1) is 11.1. The molecule has 3 rings (SSSR count). The molecule has 1 saturated heterocycles. The second-order valence-corrected chi connectivity index (χ2v) is 6.76. The topological polar surface area (TPSA) is 42.4 Å². The minimum absolute atomic E-state index is 0.0686. The van der Waals surface area contributed by atoms with E-state index < -0.39 is 0 Å². The number of aromatic nitrogens is 1. The molecule has 23 heavy (non-hydrogen) atoms. The highest BCUT2D eigenvalue weighted by Crippen LogP contribution is 2.18. The fourth-order valence-electron chi connectivity index (χ4n) is 2.69. The van der Waals surface area contributed by atoms with Crippen molar-refractivity contribution < 1.29 is 13.9 Å². The van der Waals surface area contributed by atoms with Crippen LogP contribution in [0.1, 0.15) is 33.9 Å². The Hall–Kier alpha value is -1.79. The monoisotopic (exact) mass is 334 g/mol. The molecule has 2 heterocycles. The first-order valence-corrected chi connectivity index (χ1v) is 8.57. The van der Waals surface area contributed by atoms with Crippen molar-refractivity contribution in [3.8, 4) is 0 Å². The zero-order valence-electron chi connectivity index (χ0n) is 13.0. The Balaban J connectivity index is 1.77. The number of hydrogen-bond acceptors (Lipinski definition) is 4. The normalized spacial score (nSPS) is 17.4. The van der Waals surface area contributed by atoms with Gasteiger partial charge >= 0.3 is 0 Å². The fourth-order valence-corrected chi connectivity index (χ4v) is 3.27. The van der Waals surface area contributed by atoms with Gasteiger partial charge in [-0.3, -0.25) is 4.79 Å². The van der Waals surface area contributed by atoms with Crippen LogP contribution < -0.4 is 0 Å². The second-order valence-electron chi connectivity index (χ2n) is 5.70. The summed E-state index contributed by atoms with van der Waals surface area (Å²) in [6.07, 6.45) is 2.06. The average Bonchev–Trinajstić information content (AvgIpc) is 3.20. The van der Waals surface area contributed by atoms with Gasteiger partial charge in [-0.05, 0) is 37.5 Å². The Kier molecular flexibility index (Phi) is 5.03. The Bertz CT molecular complexity index is 665. The molecule has 2 aromatic rings. The Morgan fingerprint density at radius 3 is 2.83 bits per heavy atom. The lowest BCUT2D eigenvalue weighted by Crippen LogP contribution is -2.37. The molecule has 1 aliphatic heterocycles. The fraction of sp³-hybridized carbons (Fsp3) is 0.412. The first kappa shape index (κ1) is 16.1. The van der Waals surface area contributed by atoms with Gasteiger partial charge in [-0.15, -0.1) is 11.3 Å². The smallest absolute Gasteiger partial charge is 0.273 e. The lowest BCUT2D eigenvalue weighted by molar-refractivity contribution is 0.0503. The number of nitrogens with zero attached hydrogens (tertiary/aromatic N) is 2. The Morgan fingerprint density at radius 1 is 1.43 bits per heavy atom. The van der Waals surface area contributed by atoms with Crippen LogP contribution in [0, 0.1) is 12.7 Å². The summed E-state index contributed by atoms with van der Waals surface area (Å²) in [4.78, 5) is 18.8. The summed E-state index contributed by atoms with van der Waals surface area (Å²) in [6.45, 7) is 3.59. The van der Waals surface area contributed by atoms with E-state index in [1.807, 2.05) is 6.92 Å². The number of halogens is 1. The summed E-state index contributed by atoms with van der Waals surface area (Å²) in [7, 11) is 0. The molecule has 0 radical (unpaired) electrons. The third-order valence-electron chi connectivity index (χ3n) is 3.86. The second kappa shape index (κ2) is 7.19. The summed E-state index contributed by atoms with van der Waals surface area (Å²) >= 11 is 1.46. The maximum absolute atomic E-state index is 13.1. The first-order valence-electron chi connectivity index (χ1n) is 7.69. The number of rotatable bonds is 5. The number of carbonyl (C=O) groups excluding carboxylic acids is 1. The molecule has 1 aromatic heterocycles. The van der Waals surface area contributed by atoms with Crippen LogP contribution in [0.4, 0.5) is 4.39 Å². The van der Waals surface area contributed by atoms with E-state index in [0.29, 0.717) is 18.8 Å². The summed E-state index contributed by atoms with van der Waals surface area (Å²) in [5.41, 5.74) is 1.36. The number of hydrogen-bond donors (Lipinski definition) is 0. The van der Waals surface area contributed by atoms with Gasteiger partial charge < -0.3 is 9.64 Å². The molecule has 122 valence electrons. The molecule has 6 heteroatoms. The highest BCUT2D eigenvalue weighted by molar-refractivity contribution is 7.09. The van der Waals surface area contributed by atoms with Gasteiger partial charge in [0.15, 0.2) is 0 Å². The van der Waals surface area contributed by atoms with E-state index in [-0.39, 0.29) is 17.8 Å². The molecule has 1 fully saturated rings. The van der Waals surface area contributed by atoms with Gasteiger partial charge in [0.2, 0.25) is 0 Å². The summed E-state index contributed by atoms with van der Waals surface area (Å²) in [6, 6.07) is 6.24. The zero-order chi connectivity index (χ0) is 16.2. The van der Waals surface area contributed by atoms with Crippen molar-refractivity contribution >= 4 is 17.2 Å². The van der Waals surface area contributed by atoms with Gasteiger partial charge in [-0.25, -0.2) is 9.37 Å². The molecule has 0 unspecified atom stereocenters. The van der Waals surface area contributed by atoms with Gasteiger partial charge in [-0.2, -0.15) is 0 Å². The summed E-state index contributed by atoms with van der Waals surface area (Å²) < 4.78 is 18.7. The van der Waals surface area contributed by atoms with E-state index in [4.69, 9.17) is 4.74 Å². The highest BCUT2D eigenvalue weighted by Gasteiger charge is 2.24. The number of aryl methyl sites for hydroxylation is 1. The van der Waals surface area contributed by atoms with Crippen molar-refractivity contribution in [3.63, 3.8) is 0 Å². The average molecular weight is 334 g/mol. The van der Waals surface area contributed by atoms with Crippen LogP contribution in [0.5, 0.6) is 0 Å². The number of benzene rings is 1. The number of amides is 1. The molecule has 0 saturated carbocycles. The zero-order valence-corrected chi connectivity index (χ0v) is 13.8. The van der Waals surface area contributed by atoms with Crippen LogP contribution in [-0.4, -0.2) is 35.0 Å². The molecule has 1 aliphatic rings. The molecule has 0 aliphatic carbocycles. The van der Waals surface area contributed by atoms with E-state index in [0.717, 1.165) is 30.0 Å². The van der Waals surface area contributed by atoms with Gasteiger partial charge in [0, 0.05) is 25.1 Å². The number of thiazole rings is 1. The number of carbonyl (C=O) groups is 1. The van der Waals surface area contributed by atoms with E-state index in [9.17, 15) is 9.18 Å². The van der Waals surface area contributed by atoms with Crippen molar-refractivity contribution in [2.24, 2.45) is 0 Å². The maximum atomic E-state index is 13.1. The summed E-state index contributed by atoms with van der Waals surface area (Å²) in [5, 5.41) is 2.65. The molecule has 0 spiro atoms. The van der Waals surface area contributed by atoms with E-state index in [1.54, 1.807) is 22.4 Å². The van der Waals surface area contributed by atoms with Gasteiger partial charge in [0.25, 0.3) is 5.91 Å². The molecular weight excluding hydrogens is 315 g/mol. The molecule has 1 amide bonds. The van der Waals surface area contributed by atoms with Crippen LogP contribution >= 0.6 is 11.3 Å². The molecule has 0 bridgehead atoms. The lowest BCUT2D eigenvalue weighted by atomic mass is 10.1. The SMILES string of the molecule is Cc1nc(C(=O)N(Cc2ccc(F)cc2)C[C@@H]2CCCO2)cs1. The Morgan fingerprint density at radius 2 is 2.22 bits per heavy atom. The van der Waals surface area contributed by atoms with Gasteiger partial charge in [-0.1, -0.05) is 12.1 Å². The van der Waals surface area contributed by atoms with Crippen LogP contribution in [0.15, 0.2) is 29.6 Å². The third-order valence-corrected chi connectivity index (χ3v) is 4.63. The molecular formula is C17H19FN2O2S. The van der Waals surface area contributed by atoms with Crippen LogP contribution in [0.2, 0.25) is 0 Å².